The Hall–Kier alpha value is -0.990. The van der Waals surface area contributed by atoms with Crippen LogP contribution in [0, 0.1) is 0 Å². The van der Waals surface area contributed by atoms with Crippen molar-refractivity contribution >= 4 is 49.2 Å². The van der Waals surface area contributed by atoms with E-state index in [0.717, 1.165) is 15.8 Å². The zero-order chi connectivity index (χ0) is 13.3. The molecule has 8 heteroatoms. The van der Waals surface area contributed by atoms with Crippen molar-refractivity contribution in [3.05, 3.63) is 47.6 Å². The van der Waals surface area contributed by atoms with Gasteiger partial charge in [0, 0.05) is 16.0 Å². The number of thiazole rings is 1. The highest BCUT2D eigenvalue weighted by molar-refractivity contribution is 9.11. The number of carboxylic acids is 1. The molecule has 2 aromatic rings. The van der Waals surface area contributed by atoms with E-state index in [1.54, 1.807) is 17.6 Å². The van der Waals surface area contributed by atoms with E-state index in [1.165, 1.54) is 4.57 Å². The standard InChI is InChI=1S/C10H6Br2N2O3S/c11-5-1-7(12)9(15)14(2-5)3-6-4-18-8(13-6)10(16)17/h1-2,4H,3H2,(H,16,17). The topological polar surface area (TPSA) is 72.2 Å². The Morgan fingerprint density at radius 3 is 2.83 bits per heavy atom. The minimum Gasteiger partial charge on any atom is -0.476 e. The Labute approximate surface area is 122 Å². The van der Waals surface area contributed by atoms with Gasteiger partial charge in [-0.15, -0.1) is 11.3 Å². The maximum Gasteiger partial charge on any atom is 0.365 e. The Bertz CT molecular complexity index is 665. The Morgan fingerprint density at radius 1 is 1.50 bits per heavy atom. The molecule has 0 aromatic carbocycles. The lowest BCUT2D eigenvalue weighted by Crippen LogP contribution is -2.20. The molecule has 0 bridgehead atoms. The van der Waals surface area contributed by atoms with Gasteiger partial charge in [-0.1, -0.05) is 0 Å². The molecule has 0 atom stereocenters. The molecule has 0 radical (unpaired) electrons. The molecule has 0 spiro atoms. The van der Waals surface area contributed by atoms with Crippen molar-refractivity contribution in [3.8, 4) is 0 Å². The molecule has 2 rings (SSSR count). The minimum atomic E-state index is -1.06. The molecule has 2 heterocycles. The van der Waals surface area contributed by atoms with Gasteiger partial charge in [0.1, 0.15) is 0 Å². The first-order valence-electron chi connectivity index (χ1n) is 4.70. The van der Waals surface area contributed by atoms with Crippen LogP contribution in [-0.2, 0) is 6.54 Å². The average Bonchev–Trinajstić information content (AvgIpc) is 2.74. The van der Waals surface area contributed by atoms with Crippen molar-refractivity contribution in [3.63, 3.8) is 0 Å². The van der Waals surface area contributed by atoms with Crippen molar-refractivity contribution in [2.45, 2.75) is 6.54 Å². The summed E-state index contributed by atoms with van der Waals surface area (Å²) in [6, 6.07) is 1.66. The maximum atomic E-state index is 11.8. The number of aromatic nitrogens is 2. The number of hydrogen-bond donors (Lipinski definition) is 1. The average molecular weight is 394 g/mol. The number of aromatic carboxylic acids is 1. The first kappa shape index (κ1) is 13.4. The van der Waals surface area contributed by atoms with Gasteiger partial charge in [-0.3, -0.25) is 4.79 Å². The molecule has 1 N–H and O–H groups in total. The van der Waals surface area contributed by atoms with Crippen molar-refractivity contribution in [2.24, 2.45) is 0 Å². The molecule has 0 aliphatic rings. The van der Waals surface area contributed by atoms with Gasteiger partial charge in [0.2, 0.25) is 5.01 Å². The number of halogens is 2. The number of pyridine rings is 1. The maximum absolute atomic E-state index is 11.8. The normalized spacial score (nSPS) is 10.6. The molecule has 0 aliphatic heterocycles. The van der Waals surface area contributed by atoms with Crippen LogP contribution in [0.4, 0.5) is 0 Å². The van der Waals surface area contributed by atoms with Gasteiger partial charge in [0.25, 0.3) is 5.56 Å². The number of carboxylic acid groups (broad SMARTS) is 1. The SMILES string of the molecule is O=C(O)c1nc(Cn2cc(Br)cc(Br)c2=O)cs1. The van der Waals surface area contributed by atoms with E-state index in [2.05, 4.69) is 36.8 Å². The second-order valence-electron chi connectivity index (χ2n) is 3.39. The number of carbonyl (C=O) groups is 1. The van der Waals surface area contributed by atoms with Gasteiger partial charge >= 0.3 is 5.97 Å². The lowest BCUT2D eigenvalue weighted by molar-refractivity contribution is 0.0696. The minimum absolute atomic E-state index is 0.0205. The molecule has 94 valence electrons. The molecule has 18 heavy (non-hydrogen) atoms. The van der Waals surface area contributed by atoms with Crippen LogP contribution in [0.3, 0.4) is 0 Å². The van der Waals surface area contributed by atoms with Crippen LogP contribution in [0.25, 0.3) is 0 Å². The lowest BCUT2D eigenvalue weighted by Gasteiger charge is -2.04. The van der Waals surface area contributed by atoms with Gasteiger partial charge < -0.3 is 9.67 Å². The largest absolute Gasteiger partial charge is 0.476 e. The van der Waals surface area contributed by atoms with Crippen molar-refractivity contribution < 1.29 is 9.90 Å². The summed E-state index contributed by atoms with van der Waals surface area (Å²) in [6.45, 7) is 0.237. The molecule has 0 amide bonds. The fraction of sp³-hybridized carbons (Fsp3) is 0.100. The summed E-state index contributed by atoms with van der Waals surface area (Å²) in [4.78, 5) is 26.5. The highest BCUT2D eigenvalue weighted by atomic mass is 79.9. The Kier molecular flexibility index (Phi) is 3.98. The predicted octanol–water partition coefficient (Wildman–Crippen LogP) is 2.58. The summed E-state index contributed by atoms with van der Waals surface area (Å²) in [5.41, 5.74) is 0.354. The fourth-order valence-electron chi connectivity index (χ4n) is 1.33. The van der Waals surface area contributed by atoms with E-state index in [1.807, 2.05) is 0 Å². The van der Waals surface area contributed by atoms with Crippen molar-refractivity contribution in [1.82, 2.24) is 9.55 Å². The van der Waals surface area contributed by atoms with Crippen LogP contribution in [0.5, 0.6) is 0 Å². The van der Waals surface area contributed by atoms with E-state index in [9.17, 15) is 9.59 Å². The quantitative estimate of drug-likeness (QED) is 0.869. The summed E-state index contributed by atoms with van der Waals surface area (Å²) < 4.78 is 2.64. The second kappa shape index (κ2) is 5.33. The summed E-state index contributed by atoms with van der Waals surface area (Å²) in [6.07, 6.45) is 1.63. The van der Waals surface area contributed by atoms with Gasteiger partial charge in [0.05, 0.1) is 16.7 Å². The second-order valence-corrected chi connectivity index (χ2v) is 6.02. The summed E-state index contributed by atoms with van der Waals surface area (Å²) in [5.74, 6) is -1.06. The molecule has 0 aliphatic carbocycles. The summed E-state index contributed by atoms with van der Waals surface area (Å²) in [5, 5.41) is 10.4. The van der Waals surface area contributed by atoms with Crippen LogP contribution in [0.1, 0.15) is 15.5 Å². The zero-order valence-electron chi connectivity index (χ0n) is 8.76. The van der Waals surface area contributed by atoms with Crippen LogP contribution in [0.15, 0.2) is 31.4 Å². The Morgan fingerprint density at radius 2 is 2.22 bits per heavy atom. The third-order valence-corrected chi connectivity index (χ3v) is 3.96. The van der Waals surface area contributed by atoms with Gasteiger partial charge in [-0.25, -0.2) is 9.78 Å². The number of rotatable bonds is 3. The highest BCUT2D eigenvalue weighted by Gasteiger charge is 2.10. The monoisotopic (exact) mass is 392 g/mol. The zero-order valence-corrected chi connectivity index (χ0v) is 12.7. The van der Waals surface area contributed by atoms with Crippen molar-refractivity contribution in [1.29, 1.82) is 0 Å². The van der Waals surface area contributed by atoms with E-state index in [-0.39, 0.29) is 17.1 Å². The van der Waals surface area contributed by atoms with E-state index < -0.39 is 5.97 Å². The molecule has 0 unspecified atom stereocenters. The molecule has 0 fully saturated rings. The van der Waals surface area contributed by atoms with Gasteiger partial charge in [-0.2, -0.15) is 0 Å². The number of hydrogen-bond acceptors (Lipinski definition) is 4. The van der Waals surface area contributed by atoms with E-state index >= 15 is 0 Å². The third kappa shape index (κ3) is 2.88. The number of nitrogens with zero attached hydrogens (tertiary/aromatic N) is 2. The van der Waals surface area contributed by atoms with E-state index in [4.69, 9.17) is 5.11 Å². The van der Waals surface area contributed by atoms with Crippen LogP contribution in [-0.4, -0.2) is 20.6 Å². The van der Waals surface area contributed by atoms with Crippen molar-refractivity contribution in [2.75, 3.05) is 0 Å². The van der Waals surface area contributed by atoms with Gasteiger partial charge in [0.15, 0.2) is 0 Å². The van der Waals surface area contributed by atoms with Gasteiger partial charge in [-0.05, 0) is 37.9 Å². The molecule has 5 nitrogen and oxygen atoms in total. The first-order valence-corrected chi connectivity index (χ1v) is 7.17. The third-order valence-electron chi connectivity index (χ3n) is 2.08. The van der Waals surface area contributed by atoms with Crippen LogP contribution >= 0.6 is 43.2 Å². The lowest BCUT2D eigenvalue weighted by atomic mass is 10.4. The molecule has 0 saturated heterocycles. The van der Waals surface area contributed by atoms with Crippen LogP contribution in [0.2, 0.25) is 0 Å². The summed E-state index contributed by atoms with van der Waals surface area (Å²) >= 11 is 7.49. The predicted molar refractivity (Wildman–Crippen MR) is 74.3 cm³/mol. The molecule has 2 aromatic heterocycles. The van der Waals surface area contributed by atoms with Crippen LogP contribution < -0.4 is 5.56 Å². The highest BCUT2D eigenvalue weighted by Crippen LogP contribution is 2.15. The first-order chi connectivity index (χ1) is 8.47. The molecular weight excluding hydrogens is 388 g/mol. The Balaban J connectivity index is 2.34. The molecule has 0 saturated carbocycles. The molecular formula is C10H6Br2N2O3S. The summed E-state index contributed by atoms with van der Waals surface area (Å²) in [7, 11) is 0. The fourth-order valence-corrected chi connectivity index (χ4v) is 3.24. The smallest absolute Gasteiger partial charge is 0.365 e. The van der Waals surface area contributed by atoms with E-state index in [0.29, 0.717) is 10.2 Å².